The summed E-state index contributed by atoms with van der Waals surface area (Å²) in [4.78, 5) is 25.5. The third kappa shape index (κ3) is 4.60. The van der Waals surface area contributed by atoms with Gasteiger partial charge < -0.3 is 21.1 Å². The Morgan fingerprint density at radius 2 is 1.93 bits per heavy atom. The van der Waals surface area contributed by atoms with Gasteiger partial charge >= 0.3 is 0 Å². The molecule has 8 nitrogen and oxygen atoms in total. The summed E-state index contributed by atoms with van der Waals surface area (Å²) in [7, 11) is 1.67. The van der Waals surface area contributed by atoms with Crippen LogP contribution in [0.5, 0.6) is 0 Å². The van der Waals surface area contributed by atoms with Crippen molar-refractivity contribution >= 4 is 28.7 Å². The number of rotatable bonds is 8. The number of benzene rings is 1. The van der Waals surface area contributed by atoms with Gasteiger partial charge in [0.25, 0.3) is 5.91 Å². The number of ether oxygens (including phenoxy) is 1. The number of carbonyl (C=O) groups excluding carboxylic acids is 1. The van der Waals surface area contributed by atoms with Crippen LogP contribution in [0, 0.1) is 0 Å². The molecule has 3 aromatic rings. The number of nitrogens with two attached hydrogens (primary N) is 1. The smallest absolute Gasteiger partial charge is 0.251 e. The van der Waals surface area contributed by atoms with E-state index < -0.39 is 0 Å². The van der Waals surface area contributed by atoms with Gasteiger partial charge in [-0.25, -0.2) is 9.97 Å². The molecular weight excluding hydrogens is 368 g/mol. The lowest BCUT2D eigenvalue weighted by Gasteiger charge is -2.10. The van der Waals surface area contributed by atoms with E-state index in [1.165, 1.54) is 0 Å². The molecule has 1 saturated carbocycles. The van der Waals surface area contributed by atoms with Crippen LogP contribution >= 0.6 is 0 Å². The minimum absolute atomic E-state index is 0.0306. The molecule has 1 amide bonds. The Morgan fingerprint density at radius 1 is 1.14 bits per heavy atom. The highest BCUT2D eigenvalue weighted by Crippen LogP contribution is 2.25. The van der Waals surface area contributed by atoms with Crippen LogP contribution in [0.2, 0.25) is 0 Å². The summed E-state index contributed by atoms with van der Waals surface area (Å²) < 4.78 is 5.08. The monoisotopic (exact) mass is 392 g/mol. The predicted molar refractivity (Wildman–Crippen MR) is 113 cm³/mol. The fourth-order valence-electron chi connectivity index (χ4n) is 3.03. The van der Waals surface area contributed by atoms with E-state index in [0.29, 0.717) is 41.6 Å². The first-order chi connectivity index (χ1) is 14.1. The minimum atomic E-state index is -0.0306. The summed E-state index contributed by atoms with van der Waals surface area (Å²) >= 11 is 0. The van der Waals surface area contributed by atoms with Crippen LogP contribution in [0.25, 0.3) is 22.3 Å². The van der Waals surface area contributed by atoms with Crippen LogP contribution in [-0.4, -0.2) is 47.2 Å². The summed E-state index contributed by atoms with van der Waals surface area (Å²) in [5, 5.41) is 6.26. The molecule has 4 rings (SSSR count). The number of amides is 1. The zero-order valence-electron chi connectivity index (χ0n) is 16.3. The highest BCUT2D eigenvalue weighted by Gasteiger charge is 2.23. The second-order valence-corrected chi connectivity index (χ2v) is 7.09. The highest BCUT2D eigenvalue weighted by molar-refractivity contribution is 5.95. The van der Waals surface area contributed by atoms with Crippen LogP contribution < -0.4 is 16.4 Å². The van der Waals surface area contributed by atoms with E-state index in [-0.39, 0.29) is 11.9 Å². The topological polar surface area (TPSA) is 115 Å². The second kappa shape index (κ2) is 8.40. The van der Waals surface area contributed by atoms with Gasteiger partial charge in [-0.1, -0.05) is 12.1 Å². The predicted octanol–water partition coefficient (Wildman–Crippen LogP) is 2.61. The van der Waals surface area contributed by atoms with E-state index in [1.807, 2.05) is 36.4 Å². The molecule has 0 unspecified atom stereocenters. The van der Waals surface area contributed by atoms with Gasteiger partial charge in [0.15, 0.2) is 5.82 Å². The number of hydrogen-bond acceptors (Lipinski definition) is 7. The minimum Gasteiger partial charge on any atom is -0.385 e. The number of pyridine rings is 1. The number of hydrogen-bond donors (Lipinski definition) is 3. The quantitative estimate of drug-likeness (QED) is 0.505. The molecule has 0 spiro atoms. The van der Waals surface area contributed by atoms with Crippen molar-refractivity contribution in [3.05, 3.63) is 42.0 Å². The standard InChI is InChI=1S/C21H24N6O2/c1-29-12-2-11-23-19-18-17(26-21(22)27-19)10-9-16(25-18)13-3-5-14(6-4-13)20(28)24-15-7-8-15/h3-6,9-10,15H,2,7-8,11-12H2,1H3,(H,24,28)(H3,22,23,26,27). The number of carbonyl (C=O) groups is 1. The number of nitrogens with one attached hydrogen (secondary N) is 2. The van der Waals surface area contributed by atoms with Gasteiger partial charge in [-0.05, 0) is 43.5 Å². The van der Waals surface area contributed by atoms with Gasteiger partial charge in [0.05, 0.1) is 11.2 Å². The maximum atomic E-state index is 12.2. The number of aromatic nitrogens is 3. The maximum absolute atomic E-state index is 12.2. The lowest BCUT2D eigenvalue weighted by Crippen LogP contribution is -2.25. The fraction of sp³-hybridized carbons (Fsp3) is 0.333. The van der Waals surface area contributed by atoms with Crippen molar-refractivity contribution in [1.82, 2.24) is 20.3 Å². The van der Waals surface area contributed by atoms with Gasteiger partial charge in [0.1, 0.15) is 5.52 Å². The van der Waals surface area contributed by atoms with Crippen molar-refractivity contribution in [1.29, 1.82) is 0 Å². The average Bonchev–Trinajstić information content (AvgIpc) is 3.55. The first-order valence-electron chi connectivity index (χ1n) is 9.72. The van der Waals surface area contributed by atoms with E-state index >= 15 is 0 Å². The molecule has 0 aliphatic heterocycles. The molecule has 8 heteroatoms. The molecule has 2 aromatic heterocycles. The molecule has 4 N–H and O–H groups in total. The Bertz CT molecular complexity index is 1020. The van der Waals surface area contributed by atoms with Crippen molar-refractivity contribution in [2.45, 2.75) is 25.3 Å². The van der Waals surface area contributed by atoms with E-state index in [4.69, 9.17) is 15.5 Å². The summed E-state index contributed by atoms with van der Waals surface area (Å²) in [5.74, 6) is 0.773. The number of methoxy groups -OCH3 is 1. The van der Waals surface area contributed by atoms with Crippen molar-refractivity contribution in [2.75, 3.05) is 31.3 Å². The lowest BCUT2D eigenvalue weighted by molar-refractivity contribution is 0.0951. The SMILES string of the molecule is COCCCNc1nc(N)nc2ccc(-c3ccc(C(=O)NC4CC4)cc3)nc12. The molecule has 0 atom stereocenters. The van der Waals surface area contributed by atoms with E-state index in [1.54, 1.807) is 7.11 Å². The van der Waals surface area contributed by atoms with Crippen LogP contribution in [-0.2, 0) is 4.74 Å². The van der Waals surface area contributed by atoms with Crippen LogP contribution in [0.1, 0.15) is 29.6 Å². The Morgan fingerprint density at radius 3 is 2.66 bits per heavy atom. The fourth-order valence-corrected chi connectivity index (χ4v) is 3.03. The molecule has 0 bridgehead atoms. The molecular formula is C21H24N6O2. The number of anilines is 2. The van der Waals surface area contributed by atoms with E-state index in [2.05, 4.69) is 20.6 Å². The van der Waals surface area contributed by atoms with E-state index in [9.17, 15) is 4.79 Å². The van der Waals surface area contributed by atoms with Crippen LogP contribution in [0.3, 0.4) is 0 Å². The third-order valence-corrected chi connectivity index (χ3v) is 4.73. The zero-order chi connectivity index (χ0) is 20.2. The van der Waals surface area contributed by atoms with Crippen LogP contribution in [0.15, 0.2) is 36.4 Å². The molecule has 1 aliphatic rings. The molecule has 2 heterocycles. The van der Waals surface area contributed by atoms with Gasteiger partial charge in [0.2, 0.25) is 5.95 Å². The first kappa shape index (κ1) is 19.1. The second-order valence-electron chi connectivity index (χ2n) is 7.09. The Kier molecular flexibility index (Phi) is 5.53. The molecule has 1 fully saturated rings. The van der Waals surface area contributed by atoms with Crippen molar-refractivity contribution in [2.24, 2.45) is 0 Å². The van der Waals surface area contributed by atoms with Gasteiger partial charge in [-0.2, -0.15) is 4.98 Å². The van der Waals surface area contributed by atoms with E-state index in [0.717, 1.165) is 30.5 Å². The van der Waals surface area contributed by atoms with Crippen molar-refractivity contribution in [3.63, 3.8) is 0 Å². The normalized spacial score (nSPS) is 13.4. The Labute approximate surface area is 168 Å². The summed E-state index contributed by atoms with van der Waals surface area (Å²) in [5.41, 5.74) is 9.51. The van der Waals surface area contributed by atoms with Gasteiger partial charge in [-0.15, -0.1) is 0 Å². The third-order valence-electron chi connectivity index (χ3n) is 4.73. The van der Waals surface area contributed by atoms with Gasteiger partial charge in [0, 0.05) is 37.4 Å². The largest absolute Gasteiger partial charge is 0.385 e. The maximum Gasteiger partial charge on any atom is 0.251 e. The van der Waals surface area contributed by atoms with Crippen molar-refractivity contribution < 1.29 is 9.53 Å². The lowest BCUT2D eigenvalue weighted by atomic mass is 10.1. The Balaban J connectivity index is 1.58. The summed E-state index contributed by atoms with van der Waals surface area (Å²) in [6.45, 7) is 1.35. The number of nitrogen functional groups attached to an aromatic ring is 1. The molecule has 1 aliphatic carbocycles. The Hall–Kier alpha value is -3.26. The molecule has 29 heavy (non-hydrogen) atoms. The van der Waals surface area contributed by atoms with Gasteiger partial charge in [-0.3, -0.25) is 4.79 Å². The molecule has 0 radical (unpaired) electrons. The van der Waals surface area contributed by atoms with Crippen molar-refractivity contribution in [3.8, 4) is 11.3 Å². The average molecular weight is 392 g/mol. The zero-order valence-corrected chi connectivity index (χ0v) is 16.3. The number of nitrogens with zero attached hydrogens (tertiary/aromatic N) is 3. The summed E-state index contributed by atoms with van der Waals surface area (Å²) in [6.07, 6.45) is 2.98. The molecule has 150 valence electrons. The highest BCUT2D eigenvalue weighted by atomic mass is 16.5. The van der Waals surface area contributed by atoms with Crippen LogP contribution in [0.4, 0.5) is 11.8 Å². The molecule has 1 aromatic carbocycles. The number of fused-ring (bicyclic) bond motifs is 1. The first-order valence-corrected chi connectivity index (χ1v) is 9.72. The molecule has 0 saturated heterocycles. The summed E-state index contributed by atoms with van der Waals surface area (Å²) in [6, 6.07) is 11.6.